The second kappa shape index (κ2) is 4.26. The number of hydrogen-bond acceptors (Lipinski definition) is 3. The first-order valence-electron chi connectivity index (χ1n) is 3.89. The number of amides is 1. The van der Waals surface area contributed by atoms with Crippen LogP contribution in [0.5, 0.6) is 0 Å². The van der Waals surface area contributed by atoms with E-state index >= 15 is 0 Å². The Kier molecular flexibility index (Phi) is 3.03. The summed E-state index contributed by atoms with van der Waals surface area (Å²) in [5.41, 5.74) is 0.887. The molecule has 0 aliphatic heterocycles. The zero-order valence-corrected chi connectivity index (χ0v) is 7.24. The highest BCUT2D eigenvalue weighted by molar-refractivity contribution is 5.80. The number of hydrogen-bond donors (Lipinski definition) is 2. The molecule has 2 N–H and O–H groups in total. The Bertz CT molecular complexity index is 311. The summed E-state index contributed by atoms with van der Waals surface area (Å²) in [7, 11) is 0. The average molecular weight is 178 g/mol. The second-order valence-corrected chi connectivity index (χ2v) is 2.68. The van der Waals surface area contributed by atoms with Gasteiger partial charge in [0, 0.05) is 18.3 Å². The SMILES string of the molecule is CC(C#N)C(=O)NCc1cn[nH]c1. The van der Waals surface area contributed by atoms with E-state index in [4.69, 9.17) is 5.26 Å². The maximum Gasteiger partial charge on any atom is 0.237 e. The van der Waals surface area contributed by atoms with Gasteiger partial charge in [-0.15, -0.1) is 0 Å². The number of H-pyrrole nitrogens is 1. The van der Waals surface area contributed by atoms with Crippen LogP contribution in [-0.4, -0.2) is 16.1 Å². The number of carbonyl (C=O) groups excluding carboxylic acids is 1. The van der Waals surface area contributed by atoms with Crippen LogP contribution in [0.2, 0.25) is 0 Å². The van der Waals surface area contributed by atoms with Gasteiger partial charge in [0.15, 0.2) is 0 Å². The van der Waals surface area contributed by atoms with Gasteiger partial charge < -0.3 is 5.32 Å². The Balaban J connectivity index is 2.36. The van der Waals surface area contributed by atoms with Crippen LogP contribution in [0.15, 0.2) is 12.4 Å². The van der Waals surface area contributed by atoms with Crippen molar-refractivity contribution in [3.05, 3.63) is 18.0 Å². The molecule has 1 atom stereocenters. The molecule has 1 amide bonds. The summed E-state index contributed by atoms with van der Waals surface area (Å²) in [6, 6.07) is 1.86. The van der Waals surface area contributed by atoms with E-state index < -0.39 is 5.92 Å². The highest BCUT2D eigenvalue weighted by Crippen LogP contribution is 1.95. The summed E-state index contributed by atoms with van der Waals surface area (Å²) >= 11 is 0. The van der Waals surface area contributed by atoms with E-state index in [1.54, 1.807) is 19.3 Å². The number of rotatable bonds is 3. The van der Waals surface area contributed by atoms with Crippen LogP contribution in [0.1, 0.15) is 12.5 Å². The van der Waals surface area contributed by atoms with Crippen molar-refractivity contribution in [1.29, 1.82) is 5.26 Å². The Labute approximate surface area is 75.8 Å². The van der Waals surface area contributed by atoms with Gasteiger partial charge in [0.05, 0.1) is 12.3 Å². The third kappa shape index (κ3) is 2.60. The molecule has 0 radical (unpaired) electrons. The molecule has 1 heterocycles. The molecule has 0 aliphatic carbocycles. The van der Waals surface area contributed by atoms with Crippen molar-refractivity contribution in [1.82, 2.24) is 15.5 Å². The van der Waals surface area contributed by atoms with Crippen molar-refractivity contribution in [3.63, 3.8) is 0 Å². The first-order valence-corrected chi connectivity index (χ1v) is 3.89. The number of aromatic amines is 1. The molecule has 0 aromatic carbocycles. The number of carbonyl (C=O) groups is 1. The van der Waals surface area contributed by atoms with E-state index in [0.29, 0.717) is 6.54 Å². The zero-order chi connectivity index (χ0) is 9.68. The van der Waals surface area contributed by atoms with Crippen LogP contribution in [0, 0.1) is 17.2 Å². The summed E-state index contributed by atoms with van der Waals surface area (Å²) in [5.74, 6) is -0.865. The van der Waals surface area contributed by atoms with Gasteiger partial charge in [-0.25, -0.2) is 0 Å². The van der Waals surface area contributed by atoms with Crippen molar-refractivity contribution in [2.75, 3.05) is 0 Å². The molecule has 0 spiro atoms. The summed E-state index contributed by atoms with van der Waals surface area (Å²) in [6.45, 7) is 1.96. The molecular weight excluding hydrogens is 168 g/mol. The lowest BCUT2D eigenvalue weighted by Crippen LogP contribution is -2.27. The Morgan fingerprint density at radius 3 is 3.23 bits per heavy atom. The summed E-state index contributed by atoms with van der Waals surface area (Å²) < 4.78 is 0. The minimum absolute atomic E-state index is 0.260. The first-order chi connectivity index (χ1) is 6.24. The van der Waals surface area contributed by atoms with Crippen molar-refractivity contribution in [2.24, 2.45) is 5.92 Å². The number of aromatic nitrogens is 2. The predicted octanol–water partition coefficient (Wildman–Crippen LogP) is 0.186. The molecule has 0 aliphatic rings. The molecule has 0 saturated heterocycles. The molecule has 0 bridgehead atoms. The van der Waals surface area contributed by atoms with Crippen LogP contribution in [0.25, 0.3) is 0 Å². The van der Waals surface area contributed by atoms with Crippen LogP contribution in [0.3, 0.4) is 0 Å². The maximum atomic E-state index is 11.1. The van der Waals surface area contributed by atoms with Gasteiger partial charge in [-0.2, -0.15) is 10.4 Å². The molecule has 68 valence electrons. The third-order valence-corrected chi connectivity index (χ3v) is 1.61. The quantitative estimate of drug-likeness (QED) is 0.693. The predicted molar refractivity (Wildman–Crippen MR) is 45.2 cm³/mol. The molecule has 1 aromatic rings. The molecule has 1 unspecified atom stereocenters. The highest BCUT2D eigenvalue weighted by atomic mass is 16.1. The fraction of sp³-hybridized carbons (Fsp3) is 0.375. The van der Waals surface area contributed by atoms with E-state index in [9.17, 15) is 4.79 Å². The van der Waals surface area contributed by atoms with Crippen LogP contribution in [0.4, 0.5) is 0 Å². The summed E-state index contributed by atoms with van der Waals surface area (Å²) in [5, 5.41) is 17.4. The van der Waals surface area contributed by atoms with Gasteiger partial charge in [0.25, 0.3) is 0 Å². The van der Waals surface area contributed by atoms with Crippen LogP contribution < -0.4 is 5.32 Å². The van der Waals surface area contributed by atoms with E-state index in [2.05, 4.69) is 15.5 Å². The fourth-order valence-corrected chi connectivity index (χ4v) is 0.775. The second-order valence-electron chi connectivity index (χ2n) is 2.68. The Hall–Kier alpha value is -1.83. The van der Waals surface area contributed by atoms with Crippen LogP contribution in [-0.2, 0) is 11.3 Å². The lowest BCUT2D eigenvalue weighted by atomic mass is 10.2. The molecule has 1 aromatic heterocycles. The molecule has 5 nitrogen and oxygen atoms in total. The molecular formula is C8H10N4O. The van der Waals surface area contributed by atoms with E-state index in [1.165, 1.54) is 0 Å². The van der Waals surface area contributed by atoms with E-state index in [1.807, 2.05) is 6.07 Å². The monoisotopic (exact) mass is 178 g/mol. The number of nitrogens with zero attached hydrogens (tertiary/aromatic N) is 2. The first kappa shape index (κ1) is 9.26. The molecule has 0 saturated carbocycles. The summed E-state index contributed by atoms with van der Waals surface area (Å²) in [6.07, 6.45) is 3.31. The van der Waals surface area contributed by atoms with Gasteiger partial charge in [-0.1, -0.05) is 0 Å². The molecule has 13 heavy (non-hydrogen) atoms. The lowest BCUT2D eigenvalue weighted by molar-refractivity contribution is -0.123. The van der Waals surface area contributed by atoms with E-state index in [0.717, 1.165) is 5.56 Å². The van der Waals surface area contributed by atoms with Gasteiger partial charge in [0.2, 0.25) is 5.91 Å². The van der Waals surface area contributed by atoms with Crippen LogP contribution >= 0.6 is 0 Å². The van der Waals surface area contributed by atoms with Crippen molar-refractivity contribution >= 4 is 5.91 Å². The third-order valence-electron chi connectivity index (χ3n) is 1.61. The van der Waals surface area contributed by atoms with Gasteiger partial charge in [0.1, 0.15) is 5.92 Å². The van der Waals surface area contributed by atoms with Gasteiger partial charge in [-0.05, 0) is 6.92 Å². The maximum absolute atomic E-state index is 11.1. The van der Waals surface area contributed by atoms with Crippen molar-refractivity contribution in [2.45, 2.75) is 13.5 Å². The number of nitrogens with one attached hydrogen (secondary N) is 2. The minimum atomic E-state index is -0.605. The minimum Gasteiger partial charge on any atom is -0.351 e. The number of nitriles is 1. The standard InChI is InChI=1S/C8H10N4O/c1-6(2-9)8(13)10-3-7-4-11-12-5-7/h4-6H,3H2,1H3,(H,10,13)(H,11,12). The lowest BCUT2D eigenvalue weighted by Gasteiger charge is -2.03. The summed E-state index contributed by atoms with van der Waals surface area (Å²) in [4.78, 5) is 11.1. The highest BCUT2D eigenvalue weighted by Gasteiger charge is 2.10. The largest absolute Gasteiger partial charge is 0.351 e. The topological polar surface area (TPSA) is 81.6 Å². The van der Waals surface area contributed by atoms with Crippen molar-refractivity contribution in [3.8, 4) is 6.07 Å². The average Bonchev–Trinajstić information content (AvgIpc) is 2.65. The fourth-order valence-electron chi connectivity index (χ4n) is 0.775. The zero-order valence-electron chi connectivity index (χ0n) is 7.24. The van der Waals surface area contributed by atoms with Gasteiger partial charge in [-0.3, -0.25) is 9.89 Å². The van der Waals surface area contributed by atoms with Gasteiger partial charge >= 0.3 is 0 Å². The van der Waals surface area contributed by atoms with E-state index in [-0.39, 0.29) is 5.91 Å². The Morgan fingerprint density at radius 2 is 2.69 bits per heavy atom. The Morgan fingerprint density at radius 1 is 1.92 bits per heavy atom. The molecule has 0 fully saturated rings. The smallest absolute Gasteiger partial charge is 0.237 e. The normalized spacial score (nSPS) is 11.7. The van der Waals surface area contributed by atoms with Crippen molar-refractivity contribution < 1.29 is 4.79 Å². The molecule has 1 rings (SSSR count). The molecule has 5 heteroatoms.